The molecule has 2 fully saturated rings. The van der Waals surface area contributed by atoms with Crippen molar-refractivity contribution in [2.75, 3.05) is 13.7 Å². The first kappa shape index (κ1) is 14.1. The molecule has 0 spiro atoms. The average Bonchev–Trinajstić information content (AvgIpc) is 2.78. The first-order valence-electron chi connectivity index (χ1n) is 7.64. The van der Waals surface area contributed by atoms with Crippen LogP contribution in [0.2, 0.25) is 0 Å². The number of nitrogens with one attached hydrogen (secondary N) is 1. The van der Waals surface area contributed by atoms with Crippen LogP contribution >= 0.6 is 0 Å². The van der Waals surface area contributed by atoms with Gasteiger partial charge in [0, 0.05) is 19.2 Å². The molecule has 3 nitrogen and oxygen atoms in total. The Hall–Kier alpha value is -0.900. The summed E-state index contributed by atoms with van der Waals surface area (Å²) in [7, 11) is 1.78. The fourth-order valence-corrected chi connectivity index (χ4v) is 3.75. The minimum atomic E-state index is -0.103. The first-order chi connectivity index (χ1) is 9.71. The summed E-state index contributed by atoms with van der Waals surface area (Å²) in [6.45, 7) is 3.54. The molecule has 110 valence electrons. The molecule has 2 aliphatic heterocycles. The maximum atomic E-state index is 6.39. The molecule has 2 saturated heterocycles. The van der Waals surface area contributed by atoms with Gasteiger partial charge in [0.2, 0.25) is 0 Å². The van der Waals surface area contributed by atoms with Crippen LogP contribution < -0.4 is 5.32 Å². The van der Waals surface area contributed by atoms with Gasteiger partial charge in [-0.05, 0) is 43.7 Å². The van der Waals surface area contributed by atoms with Crippen LogP contribution in [-0.4, -0.2) is 31.4 Å². The molecule has 3 heteroatoms. The maximum Gasteiger partial charge on any atom is 0.0948 e. The van der Waals surface area contributed by atoms with Crippen molar-refractivity contribution in [1.82, 2.24) is 5.32 Å². The van der Waals surface area contributed by atoms with E-state index in [9.17, 15) is 0 Å². The monoisotopic (exact) mass is 275 g/mol. The van der Waals surface area contributed by atoms with Gasteiger partial charge in [0.1, 0.15) is 0 Å². The highest BCUT2D eigenvalue weighted by Crippen LogP contribution is 2.37. The third-order valence-electron chi connectivity index (χ3n) is 4.77. The fourth-order valence-electron chi connectivity index (χ4n) is 3.75. The number of ether oxygens (including phenoxy) is 2. The zero-order chi connectivity index (χ0) is 14.0. The van der Waals surface area contributed by atoms with E-state index in [0.29, 0.717) is 25.3 Å². The van der Waals surface area contributed by atoms with Crippen molar-refractivity contribution >= 4 is 0 Å². The molecule has 0 saturated carbocycles. The molecule has 20 heavy (non-hydrogen) atoms. The van der Waals surface area contributed by atoms with Gasteiger partial charge in [0.25, 0.3) is 0 Å². The van der Waals surface area contributed by atoms with E-state index in [-0.39, 0.29) is 5.60 Å². The van der Waals surface area contributed by atoms with Crippen LogP contribution in [0.5, 0.6) is 0 Å². The Balaban J connectivity index is 1.70. The molecular formula is C17H25NO2. The number of rotatable bonds is 5. The van der Waals surface area contributed by atoms with Crippen molar-refractivity contribution in [2.24, 2.45) is 0 Å². The number of hydrogen-bond acceptors (Lipinski definition) is 3. The predicted molar refractivity (Wildman–Crippen MR) is 79.8 cm³/mol. The fraction of sp³-hybridized carbons (Fsp3) is 0.647. The Morgan fingerprint density at radius 3 is 2.55 bits per heavy atom. The maximum absolute atomic E-state index is 6.39. The van der Waals surface area contributed by atoms with Crippen LogP contribution in [0.3, 0.4) is 0 Å². The van der Waals surface area contributed by atoms with Gasteiger partial charge in [-0.2, -0.15) is 0 Å². The molecule has 3 rings (SSSR count). The Kier molecular flexibility index (Phi) is 4.11. The molecule has 1 N–H and O–H groups in total. The molecule has 2 unspecified atom stereocenters. The van der Waals surface area contributed by atoms with Crippen LogP contribution in [0.15, 0.2) is 24.3 Å². The molecule has 2 bridgehead atoms. The summed E-state index contributed by atoms with van der Waals surface area (Å²) in [6.07, 6.45) is 4.71. The summed E-state index contributed by atoms with van der Waals surface area (Å²) in [6, 6.07) is 9.69. The molecule has 2 heterocycles. The van der Waals surface area contributed by atoms with E-state index in [1.54, 1.807) is 7.11 Å². The van der Waals surface area contributed by atoms with Gasteiger partial charge in [-0.15, -0.1) is 0 Å². The summed E-state index contributed by atoms with van der Waals surface area (Å²) in [5, 5.41) is 3.68. The molecule has 1 aromatic carbocycles. The van der Waals surface area contributed by atoms with Crippen LogP contribution in [0, 0.1) is 6.92 Å². The van der Waals surface area contributed by atoms with Crippen LogP contribution in [0.4, 0.5) is 0 Å². The lowest BCUT2D eigenvalue weighted by Gasteiger charge is -2.40. The Morgan fingerprint density at radius 2 is 1.90 bits per heavy atom. The van der Waals surface area contributed by atoms with Crippen molar-refractivity contribution in [2.45, 2.75) is 56.9 Å². The lowest BCUT2D eigenvalue weighted by Crippen LogP contribution is -2.52. The second-order valence-electron chi connectivity index (χ2n) is 6.38. The molecule has 0 aromatic heterocycles. The highest BCUT2D eigenvalue weighted by molar-refractivity contribution is 5.24. The van der Waals surface area contributed by atoms with E-state index in [2.05, 4.69) is 36.5 Å². The zero-order valence-corrected chi connectivity index (χ0v) is 12.5. The van der Waals surface area contributed by atoms with Crippen LogP contribution in [0.25, 0.3) is 0 Å². The zero-order valence-electron chi connectivity index (χ0n) is 12.5. The number of benzene rings is 1. The van der Waals surface area contributed by atoms with Crippen molar-refractivity contribution in [1.29, 1.82) is 0 Å². The molecule has 0 radical (unpaired) electrons. The summed E-state index contributed by atoms with van der Waals surface area (Å²) < 4.78 is 11.9. The van der Waals surface area contributed by atoms with Gasteiger partial charge in [-0.1, -0.05) is 24.3 Å². The molecule has 1 aromatic rings. The number of aryl methyl sites for hydroxylation is 1. The minimum absolute atomic E-state index is 0.103. The minimum Gasteiger partial charge on any atom is -0.382 e. The van der Waals surface area contributed by atoms with Gasteiger partial charge in [-0.3, -0.25) is 0 Å². The summed E-state index contributed by atoms with van der Waals surface area (Å²) in [5.41, 5.74) is 2.49. The standard InChI is InChI=1S/C17H25NO2/c1-13-5-3-4-6-14(13)11-20-17(12-19-2)9-15-7-8-16(10-17)18-15/h3-6,15-16,18H,7-12H2,1-2H3. The van der Waals surface area contributed by atoms with Gasteiger partial charge < -0.3 is 14.8 Å². The lowest BCUT2D eigenvalue weighted by atomic mass is 9.87. The highest BCUT2D eigenvalue weighted by atomic mass is 16.5. The van der Waals surface area contributed by atoms with E-state index < -0.39 is 0 Å². The van der Waals surface area contributed by atoms with Crippen LogP contribution in [0.1, 0.15) is 36.8 Å². The molecule has 2 atom stereocenters. The smallest absolute Gasteiger partial charge is 0.0948 e. The molecule has 2 aliphatic rings. The third kappa shape index (κ3) is 2.90. The second kappa shape index (κ2) is 5.84. The Morgan fingerprint density at radius 1 is 1.20 bits per heavy atom. The Bertz CT molecular complexity index is 448. The SMILES string of the molecule is COCC1(OCc2ccccc2C)CC2CCC(C1)N2. The summed E-state index contributed by atoms with van der Waals surface area (Å²) in [4.78, 5) is 0. The highest BCUT2D eigenvalue weighted by Gasteiger charge is 2.44. The number of piperidine rings is 1. The van der Waals surface area contributed by atoms with Crippen molar-refractivity contribution in [3.63, 3.8) is 0 Å². The largest absolute Gasteiger partial charge is 0.382 e. The average molecular weight is 275 g/mol. The van der Waals surface area contributed by atoms with Crippen LogP contribution in [-0.2, 0) is 16.1 Å². The molecule has 0 aliphatic carbocycles. The topological polar surface area (TPSA) is 30.5 Å². The predicted octanol–water partition coefficient (Wildman–Crippen LogP) is 2.81. The van der Waals surface area contributed by atoms with Gasteiger partial charge >= 0.3 is 0 Å². The lowest BCUT2D eigenvalue weighted by molar-refractivity contribution is -0.123. The van der Waals surface area contributed by atoms with Crippen molar-refractivity contribution in [3.8, 4) is 0 Å². The normalized spacial score (nSPS) is 32.5. The number of fused-ring (bicyclic) bond motifs is 2. The van der Waals surface area contributed by atoms with Crippen molar-refractivity contribution < 1.29 is 9.47 Å². The first-order valence-corrected chi connectivity index (χ1v) is 7.64. The van der Waals surface area contributed by atoms with Gasteiger partial charge in [-0.25, -0.2) is 0 Å². The number of methoxy groups -OCH3 is 1. The Labute approximate surface area is 121 Å². The number of hydrogen-bond donors (Lipinski definition) is 1. The van der Waals surface area contributed by atoms with E-state index in [1.807, 2.05) is 0 Å². The van der Waals surface area contributed by atoms with Crippen molar-refractivity contribution in [3.05, 3.63) is 35.4 Å². The van der Waals surface area contributed by atoms with E-state index in [0.717, 1.165) is 12.8 Å². The third-order valence-corrected chi connectivity index (χ3v) is 4.77. The van der Waals surface area contributed by atoms with E-state index in [1.165, 1.54) is 24.0 Å². The van der Waals surface area contributed by atoms with E-state index >= 15 is 0 Å². The van der Waals surface area contributed by atoms with Gasteiger partial charge in [0.05, 0.1) is 18.8 Å². The molecule has 0 amide bonds. The van der Waals surface area contributed by atoms with Gasteiger partial charge in [0.15, 0.2) is 0 Å². The summed E-state index contributed by atoms with van der Waals surface area (Å²) >= 11 is 0. The molecular weight excluding hydrogens is 250 g/mol. The van der Waals surface area contributed by atoms with E-state index in [4.69, 9.17) is 9.47 Å². The quantitative estimate of drug-likeness (QED) is 0.896. The summed E-state index contributed by atoms with van der Waals surface area (Å²) in [5.74, 6) is 0. The second-order valence-corrected chi connectivity index (χ2v) is 6.38.